The van der Waals surface area contributed by atoms with E-state index in [1.165, 1.54) is 5.69 Å². The van der Waals surface area contributed by atoms with E-state index in [4.69, 9.17) is 4.74 Å². The molecule has 2 aromatic heterocycles. The fourth-order valence-corrected chi connectivity index (χ4v) is 5.70. The Morgan fingerprint density at radius 3 is 2.77 bits per heavy atom. The first kappa shape index (κ1) is 22.1. The minimum absolute atomic E-state index is 0.0171. The molecule has 3 aromatic rings. The number of pyridine rings is 1. The maximum absolute atomic E-state index is 13.9. The van der Waals surface area contributed by atoms with Gasteiger partial charge in [-0.2, -0.15) is 5.10 Å². The number of nitrogens with one attached hydrogen (secondary N) is 1. The van der Waals surface area contributed by atoms with Crippen LogP contribution in [0.2, 0.25) is 0 Å². The molecule has 1 saturated carbocycles. The SMILES string of the molecule is CO[C@H]1CC[C@H](C(=O)N2Cc3cccnc3Nc3ccc(N4CCn5nc(C)cc5C4)cc32)CC1. The quantitative estimate of drug-likeness (QED) is 0.609. The minimum Gasteiger partial charge on any atom is -0.381 e. The molecule has 8 nitrogen and oxygen atoms in total. The Bertz CT molecular complexity index is 1250. The number of carbonyl (C=O) groups is 1. The third-order valence-corrected chi connectivity index (χ3v) is 7.65. The van der Waals surface area contributed by atoms with Gasteiger partial charge in [0.2, 0.25) is 5.91 Å². The van der Waals surface area contributed by atoms with E-state index < -0.39 is 0 Å². The molecule has 0 bridgehead atoms. The molecule has 182 valence electrons. The predicted molar refractivity (Wildman–Crippen MR) is 136 cm³/mol. The number of rotatable bonds is 3. The highest BCUT2D eigenvalue weighted by molar-refractivity contribution is 6.00. The van der Waals surface area contributed by atoms with Crippen LogP contribution in [0.15, 0.2) is 42.6 Å². The van der Waals surface area contributed by atoms with Crippen LogP contribution in [0.3, 0.4) is 0 Å². The first-order valence-corrected chi connectivity index (χ1v) is 12.6. The molecule has 0 atom stereocenters. The average molecular weight is 473 g/mol. The molecule has 1 fully saturated rings. The van der Waals surface area contributed by atoms with Crippen LogP contribution in [0.5, 0.6) is 0 Å². The molecule has 0 unspecified atom stereocenters. The molecule has 0 saturated heterocycles. The number of ether oxygens (including phenoxy) is 1. The van der Waals surface area contributed by atoms with Crippen LogP contribution in [0.1, 0.15) is 42.6 Å². The zero-order valence-electron chi connectivity index (χ0n) is 20.4. The molecule has 1 amide bonds. The van der Waals surface area contributed by atoms with Crippen molar-refractivity contribution in [2.75, 3.05) is 28.8 Å². The molecule has 8 heteroatoms. The number of aromatic nitrogens is 3. The summed E-state index contributed by atoms with van der Waals surface area (Å²) in [6.07, 6.45) is 5.67. The van der Waals surface area contributed by atoms with Crippen LogP contribution in [-0.4, -0.2) is 40.4 Å². The molecule has 0 spiro atoms. The number of methoxy groups -OCH3 is 1. The molecule has 1 N–H and O–H groups in total. The Morgan fingerprint density at radius 1 is 1.09 bits per heavy atom. The lowest BCUT2D eigenvalue weighted by Crippen LogP contribution is -2.38. The first-order chi connectivity index (χ1) is 17.1. The summed E-state index contributed by atoms with van der Waals surface area (Å²) >= 11 is 0. The van der Waals surface area contributed by atoms with Crippen molar-refractivity contribution < 1.29 is 9.53 Å². The van der Waals surface area contributed by atoms with E-state index in [9.17, 15) is 4.79 Å². The van der Waals surface area contributed by atoms with Crippen molar-refractivity contribution in [1.82, 2.24) is 14.8 Å². The summed E-state index contributed by atoms with van der Waals surface area (Å²) < 4.78 is 7.64. The lowest BCUT2D eigenvalue weighted by atomic mass is 9.86. The van der Waals surface area contributed by atoms with Crippen molar-refractivity contribution in [3.63, 3.8) is 0 Å². The Balaban J connectivity index is 1.34. The topological polar surface area (TPSA) is 75.5 Å². The smallest absolute Gasteiger partial charge is 0.230 e. The molecule has 0 radical (unpaired) electrons. The Hall–Kier alpha value is -3.39. The predicted octanol–water partition coefficient (Wildman–Crippen LogP) is 4.40. The lowest BCUT2D eigenvalue weighted by Gasteiger charge is -2.33. The number of benzene rings is 1. The molecular weight excluding hydrogens is 440 g/mol. The Morgan fingerprint density at radius 2 is 1.94 bits per heavy atom. The summed E-state index contributed by atoms with van der Waals surface area (Å²) in [6.45, 7) is 5.11. The number of amides is 1. The van der Waals surface area contributed by atoms with Gasteiger partial charge in [-0.25, -0.2) is 4.98 Å². The summed E-state index contributed by atoms with van der Waals surface area (Å²) in [4.78, 5) is 22.9. The van der Waals surface area contributed by atoms with Gasteiger partial charge in [0, 0.05) is 37.0 Å². The van der Waals surface area contributed by atoms with E-state index in [1.807, 2.05) is 17.9 Å². The number of anilines is 4. The average Bonchev–Trinajstić information content (AvgIpc) is 3.18. The summed E-state index contributed by atoms with van der Waals surface area (Å²) in [5, 5.41) is 8.09. The molecule has 3 aliphatic rings. The normalized spacial score (nSPS) is 21.4. The Kier molecular flexibility index (Phi) is 5.68. The number of hydrogen-bond acceptors (Lipinski definition) is 6. The molecule has 1 aromatic carbocycles. The molecule has 1 aliphatic carbocycles. The van der Waals surface area contributed by atoms with Crippen LogP contribution in [0, 0.1) is 12.8 Å². The third-order valence-electron chi connectivity index (χ3n) is 7.65. The van der Waals surface area contributed by atoms with Crippen LogP contribution >= 0.6 is 0 Å². The van der Waals surface area contributed by atoms with Gasteiger partial charge in [0.25, 0.3) is 0 Å². The van der Waals surface area contributed by atoms with Gasteiger partial charge in [0.05, 0.1) is 48.5 Å². The van der Waals surface area contributed by atoms with Gasteiger partial charge in [-0.15, -0.1) is 0 Å². The van der Waals surface area contributed by atoms with Crippen LogP contribution in [0.4, 0.5) is 22.9 Å². The fraction of sp³-hybridized carbons (Fsp3) is 0.444. The van der Waals surface area contributed by atoms with Crippen molar-refractivity contribution in [3.8, 4) is 0 Å². The van der Waals surface area contributed by atoms with Crippen molar-refractivity contribution in [2.24, 2.45) is 5.92 Å². The minimum atomic E-state index is 0.0171. The number of aryl methyl sites for hydroxylation is 1. The van der Waals surface area contributed by atoms with Crippen molar-refractivity contribution in [1.29, 1.82) is 0 Å². The molecule has 35 heavy (non-hydrogen) atoms. The van der Waals surface area contributed by atoms with Gasteiger partial charge in [0.1, 0.15) is 5.82 Å². The van der Waals surface area contributed by atoms with Crippen molar-refractivity contribution >= 4 is 28.8 Å². The molecule has 4 heterocycles. The van der Waals surface area contributed by atoms with E-state index in [-0.39, 0.29) is 17.9 Å². The largest absolute Gasteiger partial charge is 0.381 e. The Labute approximate surface area is 205 Å². The van der Waals surface area contributed by atoms with Gasteiger partial charge in [-0.3, -0.25) is 9.48 Å². The van der Waals surface area contributed by atoms with Gasteiger partial charge < -0.3 is 19.9 Å². The van der Waals surface area contributed by atoms with E-state index in [0.29, 0.717) is 6.54 Å². The highest BCUT2D eigenvalue weighted by Crippen LogP contribution is 2.40. The fourth-order valence-electron chi connectivity index (χ4n) is 5.70. The number of nitrogens with zero attached hydrogens (tertiary/aromatic N) is 5. The lowest BCUT2D eigenvalue weighted by molar-refractivity contribution is -0.124. The number of fused-ring (bicyclic) bond motifs is 3. The third kappa shape index (κ3) is 4.16. The molecule has 6 rings (SSSR count). The van der Waals surface area contributed by atoms with Gasteiger partial charge >= 0.3 is 0 Å². The second-order valence-electron chi connectivity index (χ2n) is 9.89. The summed E-state index contributed by atoms with van der Waals surface area (Å²) in [7, 11) is 1.77. The second kappa shape index (κ2) is 9.00. The van der Waals surface area contributed by atoms with Crippen molar-refractivity contribution in [3.05, 3.63) is 59.5 Å². The molecular formula is C27H32N6O2. The zero-order valence-corrected chi connectivity index (χ0v) is 20.4. The summed E-state index contributed by atoms with van der Waals surface area (Å²) in [5.74, 6) is 1.03. The van der Waals surface area contributed by atoms with E-state index >= 15 is 0 Å². The van der Waals surface area contributed by atoms with Crippen LogP contribution < -0.4 is 15.1 Å². The monoisotopic (exact) mass is 472 g/mol. The summed E-state index contributed by atoms with van der Waals surface area (Å²) in [6, 6.07) is 12.6. The number of carbonyl (C=O) groups excluding carboxylic acids is 1. The first-order valence-electron chi connectivity index (χ1n) is 12.6. The zero-order chi connectivity index (χ0) is 23.9. The van der Waals surface area contributed by atoms with E-state index in [2.05, 4.69) is 55.3 Å². The summed E-state index contributed by atoms with van der Waals surface area (Å²) in [5.41, 5.74) is 6.27. The van der Waals surface area contributed by atoms with Gasteiger partial charge in [-0.05, 0) is 62.9 Å². The highest BCUT2D eigenvalue weighted by atomic mass is 16.5. The van der Waals surface area contributed by atoms with Gasteiger partial charge in [-0.1, -0.05) is 6.07 Å². The van der Waals surface area contributed by atoms with E-state index in [1.54, 1.807) is 13.3 Å². The van der Waals surface area contributed by atoms with Crippen LogP contribution in [-0.2, 0) is 29.2 Å². The molecule has 2 aliphatic heterocycles. The van der Waals surface area contributed by atoms with E-state index in [0.717, 1.165) is 79.5 Å². The standard InChI is InChI=1S/C27H32N6O2/c1-18-14-22-17-31(12-13-33(22)30-18)21-7-10-24-25(15-21)32(16-20-4-3-11-28-26(20)29-24)27(34)19-5-8-23(35-2)9-6-19/h3-4,7,10-11,14-15,19,23H,5-6,8-9,12-13,16-17H2,1-2H3,(H,28,29)/t19-,23-. The van der Waals surface area contributed by atoms with Crippen molar-refractivity contribution in [2.45, 2.75) is 58.3 Å². The highest BCUT2D eigenvalue weighted by Gasteiger charge is 2.33. The van der Waals surface area contributed by atoms with Crippen LogP contribution in [0.25, 0.3) is 0 Å². The van der Waals surface area contributed by atoms with Gasteiger partial charge in [0.15, 0.2) is 0 Å². The number of hydrogen-bond donors (Lipinski definition) is 1. The maximum atomic E-state index is 13.9. The maximum Gasteiger partial charge on any atom is 0.230 e. The second-order valence-corrected chi connectivity index (χ2v) is 9.89.